The van der Waals surface area contributed by atoms with Crippen molar-refractivity contribution < 1.29 is 23.8 Å². The minimum Gasteiger partial charge on any atom is -0.493 e. The zero-order valence-corrected chi connectivity index (χ0v) is 18.6. The van der Waals surface area contributed by atoms with Gasteiger partial charge in [0.2, 0.25) is 11.7 Å². The minimum atomic E-state index is -0.401. The van der Waals surface area contributed by atoms with E-state index in [0.717, 1.165) is 5.69 Å². The Morgan fingerprint density at radius 1 is 0.968 bits per heavy atom. The number of nitrogens with one attached hydrogen (secondary N) is 1. The quantitative estimate of drug-likeness (QED) is 0.702. The Balaban J connectivity index is 1.56. The summed E-state index contributed by atoms with van der Waals surface area (Å²) in [4.78, 5) is 29.1. The molecule has 0 aliphatic carbocycles. The fourth-order valence-corrected chi connectivity index (χ4v) is 3.74. The molecule has 0 saturated carbocycles. The molecule has 8 nitrogen and oxygen atoms in total. The van der Waals surface area contributed by atoms with Crippen molar-refractivity contribution in [3.05, 3.63) is 47.0 Å². The van der Waals surface area contributed by atoms with E-state index in [0.29, 0.717) is 54.0 Å². The molecule has 0 aromatic heterocycles. The molecule has 0 bridgehead atoms. The van der Waals surface area contributed by atoms with Crippen LogP contribution in [0, 0.1) is 0 Å². The number of benzene rings is 2. The number of hydrogen-bond acceptors (Lipinski definition) is 6. The Morgan fingerprint density at radius 3 is 2.13 bits per heavy atom. The van der Waals surface area contributed by atoms with Gasteiger partial charge in [0.15, 0.2) is 11.5 Å². The molecule has 0 unspecified atom stereocenters. The summed E-state index contributed by atoms with van der Waals surface area (Å²) in [6.07, 6.45) is 0. The number of piperazine rings is 1. The number of para-hydroxylation sites is 1. The van der Waals surface area contributed by atoms with Crippen LogP contribution in [0.15, 0.2) is 36.4 Å². The zero-order valence-electron chi connectivity index (χ0n) is 17.8. The Bertz CT molecular complexity index is 919. The SMILES string of the molecule is COc1cc(C(=O)NCC(=O)N2CCN(c3ccccc3Cl)CC2)cc(OC)c1OC. The normalized spacial score (nSPS) is 13.5. The Hall–Kier alpha value is -3.13. The fraction of sp³-hybridized carbons (Fsp3) is 0.364. The number of hydrogen-bond donors (Lipinski definition) is 1. The van der Waals surface area contributed by atoms with Crippen molar-refractivity contribution in [1.29, 1.82) is 0 Å². The largest absolute Gasteiger partial charge is 0.493 e. The Kier molecular flexibility index (Phi) is 7.46. The van der Waals surface area contributed by atoms with Gasteiger partial charge < -0.3 is 29.3 Å². The van der Waals surface area contributed by atoms with Gasteiger partial charge in [0, 0.05) is 31.7 Å². The number of anilines is 1. The van der Waals surface area contributed by atoms with Gasteiger partial charge in [-0.15, -0.1) is 0 Å². The van der Waals surface area contributed by atoms with Crippen molar-refractivity contribution in [1.82, 2.24) is 10.2 Å². The first kappa shape index (κ1) is 22.6. The van der Waals surface area contributed by atoms with Crippen LogP contribution in [-0.4, -0.2) is 70.8 Å². The summed E-state index contributed by atoms with van der Waals surface area (Å²) >= 11 is 6.27. The predicted molar refractivity (Wildman–Crippen MR) is 119 cm³/mol. The molecule has 1 aliphatic heterocycles. The van der Waals surface area contributed by atoms with E-state index in [1.807, 2.05) is 24.3 Å². The molecule has 0 spiro atoms. The van der Waals surface area contributed by atoms with Crippen molar-refractivity contribution in [2.24, 2.45) is 0 Å². The van der Waals surface area contributed by atoms with E-state index in [-0.39, 0.29) is 12.5 Å². The Labute approximate surface area is 186 Å². The van der Waals surface area contributed by atoms with Crippen LogP contribution in [0.1, 0.15) is 10.4 Å². The highest BCUT2D eigenvalue weighted by atomic mass is 35.5. The van der Waals surface area contributed by atoms with E-state index < -0.39 is 5.91 Å². The summed E-state index contributed by atoms with van der Waals surface area (Å²) in [6.45, 7) is 2.38. The van der Waals surface area contributed by atoms with Crippen LogP contribution >= 0.6 is 11.6 Å². The molecular weight excluding hydrogens is 422 g/mol. The second-order valence-electron chi connectivity index (χ2n) is 6.92. The highest BCUT2D eigenvalue weighted by molar-refractivity contribution is 6.33. The average Bonchev–Trinajstić information content (AvgIpc) is 2.81. The van der Waals surface area contributed by atoms with Crippen molar-refractivity contribution in [3.8, 4) is 17.2 Å². The smallest absolute Gasteiger partial charge is 0.251 e. The maximum absolute atomic E-state index is 12.6. The van der Waals surface area contributed by atoms with E-state index in [9.17, 15) is 9.59 Å². The number of ether oxygens (including phenoxy) is 3. The van der Waals surface area contributed by atoms with Gasteiger partial charge in [-0.05, 0) is 24.3 Å². The third kappa shape index (κ3) is 5.14. The first-order chi connectivity index (χ1) is 15.0. The third-order valence-corrected chi connectivity index (χ3v) is 5.47. The number of methoxy groups -OCH3 is 3. The summed E-state index contributed by atoms with van der Waals surface area (Å²) in [5, 5.41) is 3.37. The van der Waals surface area contributed by atoms with Gasteiger partial charge >= 0.3 is 0 Å². The number of nitrogens with zero attached hydrogens (tertiary/aromatic N) is 2. The molecule has 1 aliphatic rings. The standard InChI is InChI=1S/C22H26ClN3O5/c1-29-18-12-15(13-19(30-2)21(18)31-3)22(28)24-14-20(27)26-10-8-25(9-11-26)17-7-5-4-6-16(17)23/h4-7,12-13H,8-11,14H2,1-3H3,(H,24,28). The van der Waals surface area contributed by atoms with E-state index in [1.165, 1.54) is 21.3 Å². The van der Waals surface area contributed by atoms with Gasteiger partial charge in [0.1, 0.15) is 0 Å². The summed E-state index contributed by atoms with van der Waals surface area (Å²) in [5.41, 5.74) is 1.28. The fourth-order valence-electron chi connectivity index (χ4n) is 3.49. The highest BCUT2D eigenvalue weighted by Crippen LogP contribution is 2.38. The molecular formula is C22H26ClN3O5. The van der Waals surface area contributed by atoms with E-state index >= 15 is 0 Å². The summed E-state index contributed by atoms with van der Waals surface area (Å²) < 4.78 is 15.8. The van der Waals surface area contributed by atoms with Crippen molar-refractivity contribution in [2.75, 3.05) is 59.0 Å². The molecule has 2 aromatic rings. The molecule has 0 atom stereocenters. The summed E-state index contributed by atoms with van der Waals surface area (Å²) in [6, 6.07) is 10.7. The topological polar surface area (TPSA) is 80.3 Å². The monoisotopic (exact) mass is 447 g/mol. The highest BCUT2D eigenvalue weighted by Gasteiger charge is 2.23. The van der Waals surface area contributed by atoms with E-state index in [1.54, 1.807) is 17.0 Å². The van der Waals surface area contributed by atoms with Crippen LogP contribution in [0.25, 0.3) is 0 Å². The van der Waals surface area contributed by atoms with Gasteiger partial charge in [-0.1, -0.05) is 23.7 Å². The molecule has 3 rings (SSSR count). The molecule has 0 radical (unpaired) electrons. The number of rotatable bonds is 7. The number of amides is 2. The van der Waals surface area contributed by atoms with Crippen molar-refractivity contribution >= 4 is 29.1 Å². The molecule has 1 saturated heterocycles. The number of halogens is 1. The molecule has 1 heterocycles. The van der Waals surface area contributed by atoms with Crippen molar-refractivity contribution in [2.45, 2.75) is 0 Å². The second-order valence-corrected chi connectivity index (χ2v) is 7.32. The minimum absolute atomic E-state index is 0.0956. The van der Waals surface area contributed by atoms with Crippen LogP contribution in [-0.2, 0) is 4.79 Å². The zero-order chi connectivity index (χ0) is 22.4. The number of carbonyl (C=O) groups excluding carboxylic acids is 2. The van der Waals surface area contributed by atoms with E-state index in [4.69, 9.17) is 25.8 Å². The lowest BCUT2D eigenvalue weighted by Crippen LogP contribution is -2.51. The molecule has 2 amide bonds. The molecule has 2 aromatic carbocycles. The second kappa shape index (κ2) is 10.3. The first-order valence-electron chi connectivity index (χ1n) is 9.84. The summed E-state index contributed by atoms with van der Waals surface area (Å²) in [5.74, 6) is 0.596. The van der Waals surface area contributed by atoms with Gasteiger partial charge in [-0.25, -0.2) is 0 Å². The maximum Gasteiger partial charge on any atom is 0.251 e. The maximum atomic E-state index is 12.6. The van der Waals surface area contributed by atoms with Crippen LogP contribution < -0.4 is 24.4 Å². The van der Waals surface area contributed by atoms with Gasteiger partial charge in [-0.2, -0.15) is 0 Å². The van der Waals surface area contributed by atoms with Crippen molar-refractivity contribution in [3.63, 3.8) is 0 Å². The average molecular weight is 448 g/mol. The molecule has 9 heteroatoms. The van der Waals surface area contributed by atoms with Crippen LogP contribution in [0.4, 0.5) is 5.69 Å². The lowest BCUT2D eigenvalue weighted by Gasteiger charge is -2.36. The predicted octanol–water partition coefficient (Wildman–Crippen LogP) is 2.44. The van der Waals surface area contributed by atoms with E-state index in [2.05, 4.69) is 10.2 Å². The lowest BCUT2D eigenvalue weighted by atomic mass is 10.1. The molecule has 1 N–H and O–H groups in total. The third-order valence-electron chi connectivity index (χ3n) is 5.15. The van der Waals surface area contributed by atoms with Gasteiger partial charge in [0.25, 0.3) is 5.91 Å². The van der Waals surface area contributed by atoms with Crippen LogP contribution in [0.3, 0.4) is 0 Å². The van der Waals surface area contributed by atoms with Gasteiger partial charge in [0.05, 0.1) is 38.6 Å². The molecule has 31 heavy (non-hydrogen) atoms. The lowest BCUT2D eigenvalue weighted by molar-refractivity contribution is -0.130. The van der Waals surface area contributed by atoms with Gasteiger partial charge in [-0.3, -0.25) is 9.59 Å². The Morgan fingerprint density at radius 2 is 1.58 bits per heavy atom. The number of carbonyl (C=O) groups is 2. The van der Waals surface area contributed by atoms with Crippen LogP contribution in [0.2, 0.25) is 5.02 Å². The summed E-state index contributed by atoms with van der Waals surface area (Å²) in [7, 11) is 4.44. The van der Waals surface area contributed by atoms with Crippen LogP contribution in [0.5, 0.6) is 17.2 Å². The first-order valence-corrected chi connectivity index (χ1v) is 10.2. The molecule has 1 fully saturated rings. The molecule has 166 valence electrons.